The Morgan fingerprint density at radius 1 is 1.26 bits per heavy atom. The molecule has 3 rings (SSSR count). The van der Waals surface area contributed by atoms with E-state index in [0.29, 0.717) is 23.8 Å². The van der Waals surface area contributed by atoms with Crippen molar-refractivity contribution in [1.29, 1.82) is 0 Å². The molecule has 0 amide bonds. The number of hydrogen-bond donors (Lipinski definition) is 1. The van der Waals surface area contributed by atoms with E-state index in [1.54, 1.807) is 11.3 Å². The maximum absolute atomic E-state index is 5.97. The molecule has 1 aromatic carbocycles. The Bertz CT molecular complexity index is 668. The Morgan fingerprint density at radius 2 is 2.16 bits per heavy atom. The Kier molecular flexibility index (Phi) is 3.05. The van der Waals surface area contributed by atoms with Gasteiger partial charge in [0.25, 0.3) is 5.89 Å². The molecule has 0 aliphatic rings. The Labute approximate surface area is 114 Å². The largest absolute Gasteiger partial charge is 0.398 e. The van der Waals surface area contributed by atoms with Crippen LogP contribution in [0.1, 0.15) is 16.3 Å². The summed E-state index contributed by atoms with van der Waals surface area (Å²) in [6.45, 7) is 1.98. The van der Waals surface area contributed by atoms with Crippen LogP contribution in [-0.2, 0) is 6.42 Å². The van der Waals surface area contributed by atoms with Crippen molar-refractivity contribution >= 4 is 17.0 Å². The van der Waals surface area contributed by atoms with E-state index >= 15 is 0 Å². The number of nitrogens with two attached hydrogens (primary N) is 1. The third kappa shape index (κ3) is 2.37. The van der Waals surface area contributed by atoms with Crippen LogP contribution in [0, 0.1) is 6.92 Å². The molecule has 3 aromatic rings. The van der Waals surface area contributed by atoms with Crippen LogP contribution in [0.3, 0.4) is 0 Å². The first-order chi connectivity index (χ1) is 9.24. The van der Waals surface area contributed by atoms with E-state index in [0.717, 1.165) is 11.1 Å². The number of aromatic nitrogens is 2. The van der Waals surface area contributed by atoms with E-state index in [9.17, 15) is 0 Å². The van der Waals surface area contributed by atoms with Crippen LogP contribution in [0.2, 0.25) is 0 Å². The minimum absolute atomic E-state index is 0.488. The number of aryl methyl sites for hydroxylation is 1. The van der Waals surface area contributed by atoms with Gasteiger partial charge in [-0.25, -0.2) is 0 Å². The summed E-state index contributed by atoms with van der Waals surface area (Å²) >= 11 is 1.68. The smallest absolute Gasteiger partial charge is 0.260 e. The van der Waals surface area contributed by atoms with Gasteiger partial charge < -0.3 is 10.3 Å². The molecule has 2 aromatic heterocycles. The van der Waals surface area contributed by atoms with Crippen LogP contribution < -0.4 is 5.73 Å². The molecule has 0 atom stereocenters. The van der Waals surface area contributed by atoms with E-state index in [2.05, 4.69) is 16.2 Å². The highest BCUT2D eigenvalue weighted by atomic mass is 32.1. The summed E-state index contributed by atoms with van der Waals surface area (Å²) in [6, 6.07) is 9.81. The van der Waals surface area contributed by atoms with Crippen molar-refractivity contribution in [3.63, 3.8) is 0 Å². The van der Waals surface area contributed by atoms with Gasteiger partial charge in [0.05, 0.1) is 5.56 Å². The zero-order chi connectivity index (χ0) is 13.2. The minimum Gasteiger partial charge on any atom is -0.398 e. The van der Waals surface area contributed by atoms with E-state index < -0.39 is 0 Å². The average molecular weight is 271 g/mol. The van der Waals surface area contributed by atoms with E-state index in [1.165, 1.54) is 4.88 Å². The number of anilines is 1. The number of hydrogen-bond acceptors (Lipinski definition) is 5. The highest BCUT2D eigenvalue weighted by molar-refractivity contribution is 7.09. The number of nitrogens with zero attached hydrogens (tertiary/aromatic N) is 2. The molecule has 0 saturated carbocycles. The second-order valence-electron chi connectivity index (χ2n) is 4.31. The predicted molar refractivity (Wildman–Crippen MR) is 76.0 cm³/mol. The van der Waals surface area contributed by atoms with Gasteiger partial charge >= 0.3 is 0 Å². The number of thiophene rings is 1. The van der Waals surface area contributed by atoms with Crippen LogP contribution in [-0.4, -0.2) is 10.1 Å². The van der Waals surface area contributed by atoms with E-state index in [4.69, 9.17) is 10.3 Å². The maximum atomic E-state index is 5.97. The maximum Gasteiger partial charge on any atom is 0.260 e. The normalized spacial score (nSPS) is 10.8. The first kappa shape index (κ1) is 11.9. The lowest BCUT2D eigenvalue weighted by Crippen LogP contribution is -1.93. The summed E-state index contributed by atoms with van der Waals surface area (Å²) in [5, 5.41) is 6.05. The SMILES string of the molecule is Cc1cccc(N)c1-c1nc(Cc2cccs2)no1. The first-order valence-electron chi connectivity index (χ1n) is 5.94. The second kappa shape index (κ2) is 4.85. The van der Waals surface area contributed by atoms with Gasteiger partial charge in [-0.05, 0) is 30.0 Å². The molecule has 0 radical (unpaired) electrons. The molecule has 4 nitrogen and oxygen atoms in total. The molecule has 0 spiro atoms. The molecule has 2 heterocycles. The Morgan fingerprint density at radius 3 is 2.89 bits per heavy atom. The molecular formula is C14H13N3OS. The second-order valence-corrected chi connectivity index (χ2v) is 5.34. The van der Waals surface area contributed by atoms with Crippen LogP contribution in [0.15, 0.2) is 40.2 Å². The first-order valence-corrected chi connectivity index (χ1v) is 6.82. The van der Waals surface area contributed by atoms with Gasteiger partial charge in [0, 0.05) is 17.0 Å². The molecular weight excluding hydrogens is 258 g/mol. The molecule has 96 valence electrons. The number of nitrogen functional groups attached to an aromatic ring is 1. The summed E-state index contributed by atoms with van der Waals surface area (Å²) in [5.41, 5.74) is 8.49. The van der Waals surface area contributed by atoms with Gasteiger partial charge in [-0.1, -0.05) is 23.4 Å². The molecule has 0 fully saturated rings. The molecule has 19 heavy (non-hydrogen) atoms. The molecule has 0 unspecified atom stereocenters. The van der Waals surface area contributed by atoms with Crippen LogP contribution >= 0.6 is 11.3 Å². The fraction of sp³-hybridized carbons (Fsp3) is 0.143. The van der Waals surface area contributed by atoms with E-state index in [1.807, 2.05) is 36.6 Å². The molecule has 0 saturated heterocycles. The Balaban J connectivity index is 1.93. The van der Waals surface area contributed by atoms with Gasteiger partial charge in [-0.15, -0.1) is 11.3 Å². The monoisotopic (exact) mass is 271 g/mol. The van der Waals surface area contributed by atoms with Crippen molar-refractivity contribution in [3.8, 4) is 11.5 Å². The van der Waals surface area contributed by atoms with Gasteiger partial charge in [-0.2, -0.15) is 4.98 Å². The van der Waals surface area contributed by atoms with Crippen molar-refractivity contribution in [2.24, 2.45) is 0 Å². The summed E-state index contributed by atoms with van der Waals surface area (Å²) in [5.74, 6) is 1.17. The zero-order valence-electron chi connectivity index (χ0n) is 10.5. The standard InChI is InChI=1S/C14H13N3OS/c1-9-4-2-6-11(15)13(9)14-16-12(17-18-14)8-10-5-3-7-19-10/h2-7H,8,15H2,1H3. The molecule has 0 aliphatic heterocycles. The van der Waals surface area contributed by atoms with Crippen LogP contribution in [0.4, 0.5) is 5.69 Å². The Hall–Kier alpha value is -2.14. The highest BCUT2D eigenvalue weighted by Crippen LogP contribution is 2.28. The minimum atomic E-state index is 0.488. The quantitative estimate of drug-likeness (QED) is 0.742. The molecule has 0 aliphatic carbocycles. The van der Waals surface area contributed by atoms with Crippen molar-refractivity contribution in [1.82, 2.24) is 10.1 Å². The predicted octanol–water partition coefficient (Wildman–Crippen LogP) is 3.28. The van der Waals surface area contributed by atoms with E-state index in [-0.39, 0.29) is 0 Å². The molecule has 5 heteroatoms. The fourth-order valence-corrected chi connectivity index (χ4v) is 2.68. The lowest BCUT2D eigenvalue weighted by molar-refractivity contribution is 0.424. The van der Waals surface area contributed by atoms with Crippen LogP contribution in [0.25, 0.3) is 11.5 Å². The van der Waals surface area contributed by atoms with Gasteiger partial charge in [-0.3, -0.25) is 0 Å². The van der Waals surface area contributed by atoms with Gasteiger partial charge in [0.2, 0.25) is 0 Å². The fourth-order valence-electron chi connectivity index (χ4n) is 1.98. The average Bonchev–Trinajstić information content (AvgIpc) is 3.02. The van der Waals surface area contributed by atoms with Crippen molar-refractivity contribution in [2.75, 3.05) is 5.73 Å². The highest BCUT2D eigenvalue weighted by Gasteiger charge is 2.14. The third-order valence-corrected chi connectivity index (χ3v) is 3.78. The van der Waals surface area contributed by atoms with Crippen LogP contribution in [0.5, 0.6) is 0 Å². The lowest BCUT2D eigenvalue weighted by Gasteiger charge is -2.03. The molecule has 2 N–H and O–H groups in total. The van der Waals surface area contributed by atoms with Crippen molar-refractivity contribution in [2.45, 2.75) is 13.3 Å². The summed E-state index contributed by atoms with van der Waals surface area (Å²) in [4.78, 5) is 5.64. The van der Waals surface area contributed by atoms with Crippen molar-refractivity contribution < 1.29 is 4.52 Å². The molecule has 0 bridgehead atoms. The summed E-state index contributed by atoms with van der Waals surface area (Å²) in [6.07, 6.45) is 0.687. The van der Waals surface area contributed by atoms with Gasteiger partial charge in [0.15, 0.2) is 5.82 Å². The number of rotatable bonds is 3. The summed E-state index contributed by atoms with van der Waals surface area (Å²) < 4.78 is 5.32. The zero-order valence-corrected chi connectivity index (χ0v) is 11.3. The lowest BCUT2D eigenvalue weighted by atomic mass is 10.1. The topological polar surface area (TPSA) is 64.9 Å². The van der Waals surface area contributed by atoms with Crippen molar-refractivity contribution in [3.05, 3.63) is 52.0 Å². The number of benzene rings is 1. The third-order valence-electron chi connectivity index (χ3n) is 2.90. The summed E-state index contributed by atoms with van der Waals surface area (Å²) in [7, 11) is 0. The van der Waals surface area contributed by atoms with Gasteiger partial charge in [0.1, 0.15) is 0 Å².